The maximum Gasteiger partial charge on any atom is 0.198 e. The van der Waals surface area contributed by atoms with E-state index in [0.29, 0.717) is 0 Å². The number of hydrogen-bond donors (Lipinski definition) is 1. The molecule has 0 amide bonds. The van der Waals surface area contributed by atoms with Crippen LogP contribution in [0.1, 0.15) is 20.8 Å². The van der Waals surface area contributed by atoms with E-state index in [1.165, 1.54) is 10.6 Å². The summed E-state index contributed by atoms with van der Waals surface area (Å²) in [6, 6.07) is 0. The van der Waals surface area contributed by atoms with E-state index in [1.54, 1.807) is 6.92 Å². The van der Waals surface area contributed by atoms with Gasteiger partial charge < -0.3 is 5.11 Å². The van der Waals surface area contributed by atoms with Gasteiger partial charge in [-0.2, -0.15) is 0 Å². The molecule has 0 atom stereocenters. The predicted molar refractivity (Wildman–Crippen MR) is 39.5 cm³/mol. The van der Waals surface area contributed by atoms with Crippen molar-refractivity contribution in [1.29, 1.82) is 0 Å². The molecule has 0 saturated heterocycles. The minimum absolute atomic E-state index is 0.250. The van der Waals surface area contributed by atoms with Gasteiger partial charge in [0.1, 0.15) is 0 Å². The van der Waals surface area contributed by atoms with E-state index in [4.69, 9.17) is 5.11 Å². The van der Waals surface area contributed by atoms with Crippen LogP contribution in [0.2, 0.25) is 10.6 Å². The monoisotopic (exact) mass is 131 g/mol. The molecule has 0 rings (SSSR count). The summed E-state index contributed by atoms with van der Waals surface area (Å²) < 4.78 is 0. The lowest BCUT2D eigenvalue weighted by Gasteiger charge is -1.74. The molecule has 1 nitrogen and oxygen atoms in total. The second kappa shape index (κ2) is 15.6. The summed E-state index contributed by atoms with van der Waals surface area (Å²) in [6.45, 7) is 6.43. The fraction of sp³-hybridized carbons (Fsp3) is 1.00. The van der Waals surface area contributed by atoms with Crippen molar-refractivity contribution < 1.29 is 5.11 Å². The molecular formula is C6H16AlO. The Hall–Kier alpha value is 0.492. The zero-order valence-corrected chi connectivity index (χ0v) is 7.30. The third-order valence-corrected chi connectivity index (χ3v) is 1.73. The summed E-state index contributed by atoms with van der Waals surface area (Å²) in [5.41, 5.74) is 0. The molecule has 2 heteroatoms. The summed E-state index contributed by atoms with van der Waals surface area (Å²) in [5.74, 6) is 0. The van der Waals surface area contributed by atoms with Crippen LogP contribution in [-0.4, -0.2) is 26.9 Å². The van der Waals surface area contributed by atoms with Gasteiger partial charge in [-0.15, -0.1) is 10.6 Å². The Morgan fingerprint density at radius 2 is 1.38 bits per heavy atom. The number of aliphatic hydroxyl groups excluding tert-OH is 1. The van der Waals surface area contributed by atoms with Crippen LogP contribution in [0.25, 0.3) is 0 Å². The molecule has 0 saturated carbocycles. The average Bonchev–Trinajstić information content (AvgIpc) is 1.71. The molecular weight excluding hydrogens is 115 g/mol. The van der Waals surface area contributed by atoms with Gasteiger partial charge in [0.2, 0.25) is 0 Å². The standard InChI is InChI=1S/C2H6O.2C2H5.Al/c1-2-3;2*1-2;/h3H,2H2,1H3;2*1H2,2H3;. The molecule has 0 unspecified atom stereocenters. The lowest BCUT2D eigenvalue weighted by atomic mass is 10.9. The minimum Gasteiger partial charge on any atom is -0.397 e. The molecule has 0 spiro atoms. The van der Waals surface area contributed by atoms with Gasteiger partial charge in [-0.1, -0.05) is 13.8 Å². The zero-order valence-electron chi connectivity index (χ0n) is 6.15. The number of rotatable bonds is 2. The van der Waals surface area contributed by atoms with E-state index in [-0.39, 0.29) is 6.61 Å². The first-order chi connectivity index (χ1) is 3.83. The normalized spacial score (nSPS) is 7.00. The SMILES string of the molecule is CCO.C[CH2][Al][CH2]C. The Morgan fingerprint density at radius 3 is 1.38 bits per heavy atom. The summed E-state index contributed by atoms with van der Waals surface area (Å²) in [5, 5.41) is 10.4. The summed E-state index contributed by atoms with van der Waals surface area (Å²) in [4.78, 5) is 0. The minimum atomic E-state index is 0.250. The lowest BCUT2D eigenvalue weighted by Crippen LogP contribution is -1.76. The largest absolute Gasteiger partial charge is 0.397 e. The van der Waals surface area contributed by atoms with Crippen LogP contribution >= 0.6 is 0 Å². The van der Waals surface area contributed by atoms with Gasteiger partial charge in [0.05, 0.1) is 0 Å². The molecule has 1 radical (unpaired) electrons. The van der Waals surface area contributed by atoms with Gasteiger partial charge >= 0.3 is 0 Å². The summed E-state index contributed by atoms with van der Waals surface area (Å²) >= 11 is 0.815. The molecule has 8 heavy (non-hydrogen) atoms. The van der Waals surface area contributed by atoms with Crippen LogP contribution in [0.5, 0.6) is 0 Å². The molecule has 0 heterocycles. The van der Waals surface area contributed by atoms with Gasteiger partial charge in [0.25, 0.3) is 0 Å². The Bertz CT molecular complexity index is 22.5. The number of hydrogen-bond acceptors (Lipinski definition) is 1. The van der Waals surface area contributed by atoms with Crippen LogP contribution < -0.4 is 0 Å². The fourth-order valence-electron chi connectivity index (χ4n) is 0.289. The molecule has 0 aromatic heterocycles. The van der Waals surface area contributed by atoms with E-state index < -0.39 is 0 Å². The van der Waals surface area contributed by atoms with Crippen molar-refractivity contribution in [3.05, 3.63) is 0 Å². The maximum atomic E-state index is 7.57. The summed E-state index contributed by atoms with van der Waals surface area (Å²) in [6.07, 6.45) is 0. The Morgan fingerprint density at radius 1 is 1.12 bits per heavy atom. The number of aliphatic hydroxyl groups is 1. The molecule has 0 aliphatic rings. The quantitative estimate of drug-likeness (QED) is 0.564. The van der Waals surface area contributed by atoms with Crippen molar-refractivity contribution in [3.63, 3.8) is 0 Å². The average molecular weight is 131 g/mol. The summed E-state index contributed by atoms with van der Waals surface area (Å²) in [7, 11) is 0. The molecule has 0 aromatic carbocycles. The molecule has 0 aliphatic carbocycles. The molecule has 1 N–H and O–H groups in total. The van der Waals surface area contributed by atoms with E-state index in [0.717, 1.165) is 15.2 Å². The van der Waals surface area contributed by atoms with Crippen molar-refractivity contribution in [2.24, 2.45) is 0 Å². The lowest BCUT2D eigenvalue weighted by molar-refractivity contribution is 0.318. The Balaban J connectivity index is 0. The van der Waals surface area contributed by atoms with Crippen LogP contribution in [-0.2, 0) is 0 Å². The van der Waals surface area contributed by atoms with Crippen molar-refractivity contribution in [1.82, 2.24) is 0 Å². The van der Waals surface area contributed by atoms with Crippen LogP contribution in [0.3, 0.4) is 0 Å². The third kappa shape index (κ3) is 31.5. The van der Waals surface area contributed by atoms with Gasteiger partial charge in [-0.25, -0.2) is 0 Å². The first-order valence-electron chi connectivity index (χ1n) is 3.25. The predicted octanol–water partition coefficient (Wildman–Crippen LogP) is 1.57. The highest BCUT2D eigenvalue weighted by atomic mass is 27.1. The van der Waals surface area contributed by atoms with Crippen molar-refractivity contribution in [2.45, 2.75) is 31.3 Å². The second-order valence-electron chi connectivity index (χ2n) is 1.42. The van der Waals surface area contributed by atoms with Gasteiger partial charge in [0.15, 0.2) is 15.2 Å². The highest BCUT2D eigenvalue weighted by Gasteiger charge is 1.74. The highest BCUT2D eigenvalue weighted by molar-refractivity contribution is 6.34. The second-order valence-corrected chi connectivity index (χ2v) is 3.63. The van der Waals surface area contributed by atoms with Crippen molar-refractivity contribution >= 4 is 15.2 Å². The first kappa shape index (κ1) is 11.3. The van der Waals surface area contributed by atoms with Crippen LogP contribution in [0.15, 0.2) is 0 Å². The van der Waals surface area contributed by atoms with Gasteiger partial charge in [-0.05, 0) is 6.92 Å². The highest BCUT2D eigenvalue weighted by Crippen LogP contribution is 1.77. The Labute approximate surface area is 58.8 Å². The van der Waals surface area contributed by atoms with E-state index in [9.17, 15) is 0 Å². The van der Waals surface area contributed by atoms with Gasteiger partial charge in [-0.3, -0.25) is 0 Å². The van der Waals surface area contributed by atoms with E-state index >= 15 is 0 Å². The first-order valence-corrected chi connectivity index (χ1v) is 4.89. The molecule has 0 aromatic rings. The van der Waals surface area contributed by atoms with E-state index in [2.05, 4.69) is 13.8 Å². The van der Waals surface area contributed by atoms with Crippen molar-refractivity contribution in [3.8, 4) is 0 Å². The van der Waals surface area contributed by atoms with Crippen LogP contribution in [0, 0.1) is 0 Å². The zero-order chi connectivity index (χ0) is 6.83. The third-order valence-electron chi connectivity index (χ3n) is 0.577. The van der Waals surface area contributed by atoms with Gasteiger partial charge in [0, 0.05) is 6.61 Å². The topological polar surface area (TPSA) is 20.2 Å². The maximum absolute atomic E-state index is 7.57. The molecule has 0 fully saturated rings. The van der Waals surface area contributed by atoms with Crippen LogP contribution in [0.4, 0.5) is 0 Å². The smallest absolute Gasteiger partial charge is 0.198 e. The fourth-order valence-corrected chi connectivity index (χ4v) is 0.866. The van der Waals surface area contributed by atoms with Crippen molar-refractivity contribution in [2.75, 3.05) is 6.61 Å². The molecule has 0 aliphatic heterocycles. The molecule has 49 valence electrons. The van der Waals surface area contributed by atoms with E-state index in [1.807, 2.05) is 0 Å². The molecule has 0 bridgehead atoms. The Kier molecular flexibility index (Phi) is 22.1.